The second-order valence-corrected chi connectivity index (χ2v) is 6.10. The minimum absolute atomic E-state index is 0.720. The second-order valence-electron chi connectivity index (χ2n) is 6.10. The summed E-state index contributed by atoms with van der Waals surface area (Å²) in [7, 11) is 2.15. The molecule has 0 bridgehead atoms. The number of hydrogen-bond acceptors (Lipinski definition) is 2. The van der Waals surface area contributed by atoms with E-state index < -0.39 is 0 Å². The predicted octanol–water partition coefficient (Wildman–Crippen LogP) is 2.75. The van der Waals surface area contributed by atoms with E-state index in [2.05, 4.69) is 35.1 Å². The molecule has 0 radical (unpaired) electrons. The summed E-state index contributed by atoms with van der Waals surface area (Å²) in [5.74, 6) is 2.00. The van der Waals surface area contributed by atoms with Gasteiger partial charge < -0.3 is 9.88 Å². The molecule has 0 spiro atoms. The van der Waals surface area contributed by atoms with Gasteiger partial charge in [0.25, 0.3) is 0 Å². The number of aromatic nitrogens is 2. The molecule has 1 aromatic heterocycles. The Balaban J connectivity index is 1.55. The largest absolute Gasteiger partial charge is 0.331 e. The predicted molar refractivity (Wildman–Crippen MR) is 77.4 cm³/mol. The zero-order valence-corrected chi connectivity index (χ0v) is 11.5. The minimum Gasteiger partial charge on any atom is -0.331 e. The Kier molecular flexibility index (Phi) is 2.62. The van der Waals surface area contributed by atoms with E-state index in [0.29, 0.717) is 0 Å². The summed E-state index contributed by atoms with van der Waals surface area (Å²) >= 11 is 0. The van der Waals surface area contributed by atoms with Gasteiger partial charge in [0.15, 0.2) is 0 Å². The van der Waals surface area contributed by atoms with Gasteiger partial charge in [-0.25, -0.2) is 4.98 Å². The van der Waals surface area contributed by atoms with Crippen molar-refractivity contribution in [2.45, 2.75) is 44.1 Å². The lowest BCUT2D eigenvalue weighted by atomic mass is 10.1. The van der Waals surface area contributed by atoms with Crippen molar-refractivity contribution in [3.05, 3.63) is 29.6 Å². The molecule has 1 aromatic carbocycles. The van der Waals surface area contributed by atoms with Crippen LogP contribution in [0, 0.1) is 0 Å². The third kappa shape index (κ3) is 2.27. The van der Waals surface area contributed by atoms with E-state index >= 15 is 0 Å². The Bertz CT molecular complexity index is 606. The van der Waals surface area contributed by atoms with Crippen molar-refractivity contribution in [2.24, 2.45) is 7.05 Å². The molecule has 19 heavy (non-hydrogen) atoms. The van der Waals surface area contributed by atoms with E-state index in [-0.39, 0.29) is 0 Å². The van der Waals surface area contributed by atoms with Crippen LogP contribution in [0.25, 0.3) is 11.0 Å². The van der Waals surface area contributed by atoms with Crippen LogP contribution in [-0.4, -0.2) is 22.1 Å². The van der Waals surface area contributed by atoms with Crippen LogP contribution in [0.2, 0.25) is 0 Å². The maximum atomic E-state index is 4.83. The Morgan fingerprint density at radius 1 is 1.26 bits per heavy atom. The molecule has 2 aromatic rings. The first kappa shape index (κ1) is 11.5. The van der Waals surface area contributed by atoms with Crippen molar-refractivity contribution < 1.29 is 0 Å². The maximum absolute atomic E-state index is 4.83. The van der Waals surface area contributed by atoms with Gasteiger partial charge in [-0.15, -0.1) is 0 Å². The molecule has 0 amide bonds. The minimum atomic E-state index is 0.720. The molecular weight excluding hydrogens is 234 g/mol. The van der Waals surface area contributed by atoms with Crippen molar-refractivity contribution in [3.8, 4) is 0 Å². The number of rotatable bonds is 5. The molecule has 2 aliphatic rings. The van der Waals surface area contributed by atoms with E-state index in [1.165, 1.54) is 48.1 Å². The smallest absolute Gasteiger partial charge is 0.112 e. The van der Waals surface area contributed by atoms with Gasteiger partial charge in [-0.3, -0.25) is 0 Å². The van der Waals surface area contributed by atoms with Gasteiger partial charge in [0, 0.05) is 19.0 Å². The Morgan fingerprint density at radius 3 is 2.84 bits per heavy atom. The average Bonchev–Trinajstić information content (AvgIpc) is 3.30. The van der Waals surface area contributed by atoms with Crippen molar-refractivity contribution in [1.82, 2.24) is 14.9 Å². The van der Waals surface area contributed by atoms with Crippen LogP contribution in [0.1, 0.15) is 43.0 Å². The lowest BCUT2D eigenvalue weighted by Crippen LogP contribution is -2.19. The first-order valence-corrected chi connectivity index (χ1v) is 7.50. The Morgan fingerprint density at radius 2 is 2.11 bits per heavy atom. The number of nitrogens with one attached hydrogen (secondary N) is 1. The molecule has 2 saturated carbocycles. The van der Waals surface area contributed by atoms with Crippen LogP contribution in [-0.2, 0) is 13.5 Å². The van der Waals surface area contributed by atoms with E-state index in [0.717, 1.165) is 24.9 Å². The molecule has 100 valence electrons. The molecule has 3 heteroatoms. The van der Waals surface area contributed by atoms with Crippen molar-refractivity contribution in [1.29, 1.82) is 0 Å². The fourth-order valence-corrected chi connectivity index (χ4v) is 2.83. The molecular formula is C16H21N3. The maximum Gasteiger partial charge on any atom is 0.112 e. The van der Waals surface area contributed by atoms with Crippen LogP contribution in [0.4, 0.5) is 0 Å². The number of nitrogens with zero attached hydrogens (tertiary/aromatic N) is 2. The van der Waals surface area contributed by atoms with Crippen LogP contribution < -0.4 is 5.32 Å². The molecule has 0 unspecified atom stereocenters. The highest BCUT2D eigenvalue weighted by molar-refractivity contribution is 5.77. The summed E-state index contributed by atoms with van der Waals surface area (Å²) in [6.07, 6.45) is 6.47. The SMILES string of the molecule is Cn1c(C2CC2)nc2cc(CCNC3CC3)ccc21. The second kappa shape index (κ2) is 4.34. The molecule has 0 aliphatic heterocycles. The summed E-state index contributed by atoms with van der Waals surface area (Å²) < 4.78 is 2.28. The summed E-state index contributed by atoms with van der Waals surface area (Å²) in [6.45, 7) is 1.10. The Hall–Kier alpha value is -1.35. The molecule has 4 rings (SSSR count). The van der Waals surface area contributed by atoms with Crippen molar-refractivity contribution in [2.75, 3.05) is 6.54 Å². The third-order valence-corrected chi connectivity index (χ3v) is 4.35. The fourth-order valence-electron chi connectivity index (χ4n) is 2.83. The number of imidazole rings is 1. The summed E-state index contributed by atoms with van der Waals surface area (Å²) in [5.41, 5.74) is 3.86. The van der Waals surface area contributed by atoms with Gasteiger partial charge in [-0.05, 0) is 56.3 Å². The average molecular weight is 255 g/mol. The van der Waals surface area contributed by atoms with Gasteiger partial charge >= 0.3 is 0 Å². The van der Waals surface area contributed by atoms with E-state index in [1.807, 2.05) is 0 Å². The molecule has 2 aliphatic carbocycles. The first-order chi connectivity index (χ1) is 9.31. The normalized spacial score (nSPS) is 19.2. The topological polar surface area (TPSA) is 29.9 Å². The summed E-state index contributed by atoms with van der Waals surface area (Å²) in [6, 6.07) is 7.58. The third-order valence-electron chi connectivity index (χ3n) is 4.35. The zero-order valence-electron chi connectivity index (χ0n) is 11.5. The standard InChI is InChI=1S/C16H21N3/c1-19-15-7-2-11(8-9-17-13-5-6-13)10-14(15)18-16(19)12-3-4-12/h2,7,10,12-13,17H,3-6,8-9H2,1H3. The van der Waals surface area contributed by atoms with Crippen molar-refractivity contribution >= 4 is 11.0 Å². The van der Waals surface area contributed by atoms with Gasteiger partial charge in [-0.2, -0.15) is 0 Å². The van der Waals surface area contributed by atoms with Gasteiger partial charge in [0.2, 0.25) is 0 Å². The lowest BCUT2D eigenvalue weighted by molar-refractivity contribution is 0.682. The number of aryl methyl sites for hydroxylation is 1. The summed E-state index contributed by atoms with van der Waals surface area (Å²) in [5, 5.41) is 3.57. The van der Waals surface area contributed by atoms with E-state index in [4.69, 9.17) is 4.98 Å². The lowest BCUT2D eigenvalue weighted by Gasteiger charge is -2.03. The fraction of sp³-hybridized carbons (Fsp3) is 0.562. The van der Waals surface area contributed by atoms with Gasteiger partial charge in [0.05, 0.1) is 11.0 Å². The molecule has 2 fully saturated rings. The highest BCUT2D eigenvalue weighted by atomic mass is 15.1. The number of fused-ring (bicyclic) bond motifs is 1. The monoisotopic (exact) mass is 255 g/mol. The number of benzene rings is 1. The molecule has 1 N–H and O–H groups in total. The molecule has 1 heterocycles. The zero-order chi connectivity index (χ0) is 12.8. The van der Waals surface area contributed by atoms with E-state index in [9.17, 15) is 0 Å². The van der Waals surface area contributed by atoms with E-state index in [1.54, 1.807) is 0 Å². The molecule has 3 nitrogen and oxygen atoms in total. The van der Waals surface area contributed by atoms with Crippen LogP contribution in [0.5, 0.6) is 0 Å². The number of hydrogen-bond donors (Lipinski definition) is 1. The highest BCUT2D eigenvalue weighted by Gasteiger charge is 2.28. The first-order valence-electron chi connectivity index (χ1n) is 7.50. The Labute approximate surface area is 114 Å². The highest BCUT2D eigenvalue weighted by Crippen LogP contribution is 2.40. The quantitative estimate of drug-likeness (QED) is 0.890. The van der Waals surface area contributed by atoms with Gasteiger partial charge in [0.1, 0.15) is 5.82 Å². The summed E-state index contributed by atoms with van der Waals surface area (Å²) in [4.78, 5) is 4.83. The molecule has 0 atom stereocenters. The van der Waals surface area contributed by atoms with Crippen LogP contribution in [0.3, 0.4) is 0 Å². The molecule has 0 saturated heterocycles. The van der Waals surface area contributed by atoms with Gasteiger partial charge in [-0.1, -0.05) is 6.07 Å². The van der Waals surface area contributed by atoms with Crippen LogP contribution >= 0.6 is 0 Å². The van der Waals surface area contributed by atoms with Crippen molar-refractivity contribution in [3.63, 3.8) is 0 Å². The van der Waals surface area contributed by atoms with Crippen LogP contribution in [0.15, 0.2) is 18.2 Å².